The van der Waals surface area contributed by atoms with E-state index in [9.17, 15) is 14.9 Å². The molecule has 2 aromatic carbocycles. The molecule has 0 saturated heterocycles. The van der Waals surface area contributed by atoms with E-state index in [0.29, 0.717) is 21.5 Å². The maximum Gasteiger partial charge on any atom is 0.296 e. The third-order valence-corrected chi connectivity index (χ3v) is 4.11. The third kappa shape index (κ3) is 4.67. The predicted molar refractivity (Wildman–Crippen MR) is 104 cm³/mol. The van der Waals surface area contributed by atoms with Gasteiger partial charge in [0.2, 0.25) is 0 Å². The molecule has 0 aliphatic heterocycles. The predicted octanol–water partition coefficient (Wildman–Crippen LogP) is 3.50. The standard InChI is InChI=1S/C16H14BrN3O5S/c1-24-10-4-5-12(13(8-10)20(22)23)18-16(26)19-15(21)9-3-6-14(25-2)11(17)7-9/h3-8H,1-2H3,(H2,18,19,21,26). The summed E-state index contributed by atoms with van der Waals surface area (Å²) in [6.07, 6.45) is 0. The van der Waals surface area contributed by atoms with Crippen molar-refractivity contribution < 1.29 is 19.2 Å². The Morgan fingerprint density at radius 2 is 1.92 bits per heavy atom. The fraction of sp³-hybridized carbons (Fsp3) is 0.125. The minimum absolute atomic E-state index is 0.0739. The van der Waals surface area contributed by atoms with Gasteiger partial charge in [-0.05, 0) is 58.5 Å². The fourth-order valence-corrected chi connectivity index (χ4v) is 2.77. The molecular weight excluding hydrogens is 426 g/mol. The Hall–Kier alpha value is -2.72. The molecule has 0 atom stereocenters. The highest BCUT2D eigenvalue weighted by Crippen LogP contribution is 2.29. The van der Waals surface area contributed by atoms with Gasteiger partial charge in [-0.1, -0.05) is 0 Å². The molecule has 0 spiro atoms. The van der Waals surface area contributed by atoms with Gasteiger partial charge in [0.15, 0.2) is 5.11 Å². The Bertz CT molecular complexity index is 875. The molecule has 10 heteroatoms. The lowest BCUT2D eigenvalue weighted by Crippen LogP contribution is -2.34. The van der Waals surface area contributed by atoms with Crippen LogP contribution in [0.5, 0.6) is 11.5 Å². The molecule has 26 heavy (non-hydrogen) atoms. The minimum Gasteiger partial charge on any atom is -0.496 e. The zero-order chi connectivity index (χ0) is 19.3. The number of thiocarbonyl (C=S) groups is 1. The summed E-state index contributed by atoms with van der Waals surface area (Å²) in [7, 11) is 2.92. The lowest BCUT2D eigenvalue weighted by Gasteiger charge is -2.11. The van der Waals surface area contributed by atoms with E-state index in [1.807, 2.05) is 0 Å². The van der Waals surface area contributed by atoms with Crippen LogP contribution in [0, 0.1) is 10.1 Å². The van der Waals surface area contributed by atoms with Crippen LogP contribution >= 0.6 is 28.1 Å². The Balaban J connectivity index is 2.12. The zero-order valence-corrected chi connectivity index (χ0v) is 16.1. The highest BCUT2D eigenvalue weighted by atomic mass is 79.9. The first-order valence-electron chi connectivity index (χ1n) is 7.14. The van der Waals surface area contributed by atoms with Crippen LogP contribution in [0.3, 0.4) is 0 Å². The van der Waals surface area contributed by atoms with E-state index in [2.05, 4.69) is 26.6 Å². The molecule has 0 radical (unpaired) electrons. The van der Waals surface area contributed by atoms with Gasteiger partial charge in [0.25, 0.3) is 11.6 Å². The van der Waals surface area contributed by atoms with Crippen LogP contribution < -0.4 is 20.1 Å². The normalized spacial score (nSPS) is 9.96. The molecule has 0 saturated carbocycles. The fourth-order valence-electron chi connectivity index (χ4n) is 2.03. The van der Waals surface area contributed by atoms with E-state index in [1.54, 1.807) is 24.3 Å². The van der Waals surface area contributed by atoms with Crippen LogP contribution in [0.15, 0.2) is 40.9 Å². The Kier molecular flexibility index (Phi) is 6.47. The molecule has 0 aromatic heterocycles. The van der Waals surface area contributed by atoms with Crippen LogP contribution in [-0.2, 0) is 0 Å². The zero-order valence-electron chi connectivity index (χ0n) is 13.7. The number of hydrogen-bond acceptors (Lipinski definition) is 6. The summed E-state index contributed by atoms with van der Waals surface area (Å²) in [5.74, 6) is 0.443. The third-order valence-electron chi connectivity index (χ3n) is 3.29. The van der Waals surface area contributed by atoms with E-state index < -0.39 is 10.8 Å². The smallest absolute Gasteiger partial charge is 0.296 e. The van der Waals surface area contributed by atoms with Crippen LogP contribution in [0.1, 0.15) is 10.4 Å². The first kappa shape index (κ1) is 19.6. The topological polar surface area (TPSA) is 103 Å². The highest BCUT2D eigenvalue weighted by Gasteiger charge is 2.17. The lowest BCUT2D eigenvalue weighted by atomic mass is 10.2. The number of ether oxygens (including phenoxy) is 2. The highest BCUT2D eigenvalue weighted by molar-refractivity contribution is 9.10. The summed E-state index contributed by atoms with van der Waals surface area (Å²) < 4.78 is 10.7. The second-order valence-corrected chi connectivity index (χ2v) is 6.16. The largest absolute Gasteiger partial charge is 0.496 e. The van der Waals surface area contributed by atoms with Crippen LogP contribution in [0.25, 0.3) is 0 Å². The van der Waals surface area contributed by atoms with Crippen molar-refractivity contribution in [1.82, 2.24) is 5.32 Å². The number of nitro benzene ring substituents is 1. The number of carbonyl (C=O) groups is 1. The number of benzene rings is 2. The maximum atomic E-state index is 12.3. The van der Waals surface area contributed by atoms with E-state index in [1.165, 1.54) is 26.4 Å². The number of hydrogen-bond donors (Lipinski definition) is 2. The van der Waals surface area contributed by atoms with Crippen molar-refractivity contribution in [1.29, 1.82) is 0 Å². The second-order valence-electron chi connectivity index (χ2n) is 4.90. The van der Waals surface area contributed by atoms with Gasteiger partial charge in [-0.2, -0.15) is 0 Å². The van der Waals surface area contributed by atoms with E-state index in [0.717, 1.165) is 0 Å². The monoisotopic (exact) mass is 439 g/mol. The van der Waals surface area contributed by atoms with Crippen LogP contribution in [0.2, 0.25) is 0 Å². The number of nitrogens with zero attached hydrogens (tertiary/aromatic N) is 1. The molecule has 2 N–H and O–H groups in total. The van der Waals surface area contributed by atoms with Crippen molar-refractivity contribution in [2.24, 2.45) is 0 Å². The molecule has 8 nitrogen and oxygen atoms in total. The molecule has 0 bridgehead atoms. The quantitative estimate of drug-likeness (QED) is 0.417. The summed E-state index contributed by atoms with van der Waals surface area (Å²) in [5, 5.41) is 16.2. The minimum atomic E-state index is -0.574. The number of carbonyl (C=O) groups excluding carboxylic acids is 1. The van der Waals surface area contributed by atoms with Gasteiger partial charge in [-0.25, -0.2) is 0 Å². The van der Waals surface area contributed by atoms with E-state index >= 15 is 0 Å². The number of amides is 1. The number of halogens is 1. The van der Waals surface area contributed by atoms with Crippen molar-refractivity contribution in [3.8, 4) is 11.5 Å². The van der Waals surface area contributed by atoms with Gasteiger partial charge in [-0.3, -0.25) is 20.2 Å². The molecule has 2 aromatic rings. The second kappa shape index (κ2) is 8.59. The lowest BCUT2D eigenvalue weighted by molar-refractivity contribution is -0.384. The van der Waals surface area contributed by atoms with Gasteiger partial charge in [0.05, 0.1) is 29.7 Å². The molecule has 136 valence electrons. The Morgan fingerprint density at radius 1 is 1.19 bits per heavy atom. The number of anilines is 1. The van der Waals surface area contributed by atoms with Gasteiger partial charge in [0, 0.05) is 5.56 Å². The van der Waals surface area contributed by atoms with Crippen molar-refractivity contribution in [3.63, 3.8) is 0 Å². The van der Waals surface area contributed by atoms with Crippen molar-refractivity contribution in [2.75, 3.05) is 19.5 Å². The summed E-state index contributed by atoms with van der Waals surface area (Å²) in [6, 6.07) is 9.01. The van der Waals surface area contributed by atoms with Gasteiger partial charge in [0.1, 0.15) is 17.2 Å². The number of methoxy groups -OCH3 is 2. The summed E-state index contributed by atoms with van der Waals surface area (Å²) in [4.78, 5) is 22.9. The van der Waals surface area contributed by atoms with Gasteiger partial charge >= 0.3 is 0 Å². The molecule has 0 heterocycles. The molecule has 0 fully saturated rings. The maximum absolute atomic E-state index is 12.3. The Morgan fingerprint density at radius 3 is 2.50 bits per heavy atom. The molecule has 0 aliphatic rings. The first-order valence-corrected chi connectivity index (χ1v) is 8.34. The van der Waals surface area contributed by atoms with Crippen LogP contribution in [-0.4, -0.2) is 30.2 Å². The van der Waals surface area contributed by atoms with Crippen LogP contribution in [0.4, 0.5) is 11.4 Å². The summed E-state index contributed by atoms with van der Waals surface area (Å²) in [5.41, 5.74) is 0.246. The number of nitrogens with one attached hydrogen (secondary N) is 2. The van der Waals surface area contributed by atoms with Crippen molar-refractivity contribution in [2.45, 2.75) is 0 Å². The molecule has 0 aliphatic carbocycles. The van der Waals surface area contributed by atoms with E-state index in [-0.39, 0.29) is 16.5 Å². The number of rotatable bonds is 5. The van der Waals surface area contributed by atoms with Gasteiger partial charge < -0.3 is 14.8 Å². The molecule has 1 amide bonds. The molecule has 2 rings (SSSR count). The molecule has 0 unspecified atom stereocenters. The van der Waals surface area contributed by atoms with Crippen molar-refractivity contribution in [3.05, 3.63) is 56.5 Å². The molecular formula is C16H14BrN3O5S. The van der Waals surface area contributed by atoms with Gasteiger partial charge in [-0.15, -0.1) is 0 Å². The average Bonchev–Trinajstić information content (AvgIpc) is 2.61. The summed E-state index contributed by atoms with van der Waals surface area (Å²) >= 11 is 8.36. The SMILES string of the molecule is COc1ccc(NC(=S)NC(=O)c2ccc(OC)c(Br)c2)c([N+](=O)[O-])c1. The first-order chi connectivity index (χ1) is 12.3. The van der Waals surface area contributed by atoms with E-state index in [4.69, 9.17) is 21.7 Å². The summed E-state index contributed by atoms with van der Waals surface area (Å²) in [6.45, 7) is 0. The Labute approximate surface area is 162 Å². The average molecular weight is 440 g/mol. The number of nitro groups is 1. The van der Waals surface area contributed by atoms with Crippen molar-refractivity contribution >= 4 is 50.5 Å².